The minimum atomic E-state index is -0.344. The van der Waals surface area contributed by atoms with E-state index in [4.69, 9.17) is 4.74 Å². The van der Waals surface area contributed by atoms with Crippen molar-refractivity contribution in [1.29, 1.82) is 0 Å². The van der Waals surface area contributed by atoms with Crippen LogP contribution in [0.15, 0.2) is 24.3 Å². The van der Waals surface area contributed by atoms with Crippen molar-refractivity contribution in [1.82, 2.24) is 10.4 Å². The second-order valence-electron chi connectivity index (χ2n) is 7.44. The first-order chi connectivity index (χ1) is 10.7. The third-order valence-electron chi connectivity index (χ3n) is 4.39. The summed E-state index contributed by atoms with van der Waals surface area (Å²) in [6.45, 7) is 8.68. The fourth-order valence-electron chi connectivity index (χ4n) is 3.42. The highest BCUT2D eigenvalue weighted by atomic mass is 16.5. The molecule has 0 amide bonds. The Labute approximate surface area is 139 Å². The van der Waals surface area contributed by atoms with Crippen LogP contribution < -0.4 is 10.1 Å². The molecule has 1 aliphatic rings. The van der Waals surface area contributed by atoms with E-state index >= 15 is 0 Å². The Morgan fingerprint density at radius 2 is 1.74 bits per heavy atom. The molecule has 4 nitrogen and oxygen atoms in total. The zero-order valence-electron chi connectivity index (χ0n) is 14.8. The number of piperidine rings is 1. The minimum absolute atomic E-state index is 0.315. The number of benzene rings is 1. The van der Waals surface area contributed by atoms with Crippen LogP contribution in [0.4, 0.5) is 0 Å². The summed E-state index contributed by atoms with van der Waals surface area (Å²) in [4.78, 5) is 0. The SMILES string of the molecule is COc1ccc(C#CCNC2CC(C)(C)N([O])C(C)(C)C2)cc1. The number of hydroxylamine groups is 2. The molecule has 4 heteroatoms. The molecule has 0 unspecified atom stereocenters. The predicted molar refractivity (Wildman–Crippen MR) is 91.6 cm³/mol. The largest absolute Gasteiger partial charge is 0.497 e. The van der Waals surface area contributed by atoms with Crippen LogP contribution in [-0.2, 0) is 5.21 Å². The molecule has 125 valence electrons. The molecule has 0 atom stereocenters. The summed E-state index contributed by atoms with van der Waals surface area (Å²) in [5.74, 6) is 7.14. The summed E-state index contributed by atoms with van der Waals surface area (Å²) in [6.07, 6.45) is 1.67. The predicted octanol–water partition coefficient (Wildman–Crippen LogP) is 3.00. The standard InChI is InChI=1S/C19H27N2O2/c1-18(2)13-16(14-19(3,4)21(18)22)20-12-6-7-15-8-10-17(23-5)11-9-15/h8-11,16,20H,12-14H2,1-5H3. The topological polar surface area (TPSA) is 44.4 Å². The second-order valence-corrected chi connectivity index (χ2v) is 7.44. The van der Waals surface area contributed by atoms with Gasteiger partial charge in [-0.05, 0) is 64.8 Å². The Morgan fingerprint density at radius 1 is 1.17 bits per heavy atom. The van der Waals surface area contributed by atoms with E-state index in [1.807, 2.05) is 52.0 Å². The Kier molecular flexibility index (Phi) is 5.36. The van der Waals surface area contributed by atoms with Gasteiger partial charge >= 0.3 is 0 Å². The third kappa shape index (κ3) is 4.48. The monoisotopic (exact) mass is 315 g/mol. The lowest BCUT2D eigenvalue weighted by molar-refractivity contribution is -0.290. The number of ether oxygens (including phenoxy) is 1. The summed E-state index contributed by atoms with van der Waals surface area (Å²) in [5, 5.41) is 17.1. The first-order valence-electron chi connectivity index (χ1n) is 8.08. The van der Waals surface area contributed by atoms with Gasteiger partial charge in [0.25, 0.3) is 0 Å². The van der Waals surface area contributed by atoms with E-state index in [9.17, 15) is 5.21 Å². The van der Waals surface area contributed by atoms with Gasteiger partial charge in [0.05, 0.1) is 13.7 Å². The van der Waals surface area contributed by atoms with Crippen molar-refractivity contribution in [3.63, 3.8) is 0 Å². The van der Waals surface area contributed by atoms with Gasteiger partial charge in [-0.3, -0.25) is 0 Å². The van der Waals surface area contributed by atoms with Crippen LogP contribution in [-0.4, -0.2) is 35.8 Å². The summed E-state index contributed by atoms with van der Waals surface area (Å²) in [7, 11) is 1.65. The number of rotatable bonds is 3. The fraction of sp³-hybridized carbons (Fsp3) is 0.579. The van der Waals surface area contributed by atoms with E-state index in [1.165, 1.54) is 5.06 Å². The molecule has 0 aromatic heterocycles. The molecule has 1 aliphatic heterocycles. The smallest absolute Gasteiger partial charge is 0.118 e. The van der Waals surface area contributed by atoms with E-state index in [0.29, 0.717) is 12.6 Å². The summed E-state index contributed by atoms with van der Waals surface area (Å²) in [5.41, 5.74) is 0.286. The van der Waals surface area contributed by atoms with Gasteiger partial charge in [-0.1, -0.05) is 11.8 Å². The van der Waals surface area contributed by atoms with Crippen molar-refractivity contribution in [2.45, 2.75) is 57.7 Å². The summed E-state index contributed by atoms with van der Waals surface area (Å²) in [6, 6.07) is 8.04. The lowest BCUT2D eigenvalue weighted by Gasteiger charge is -2.50. The zero-order valence-corrected chi connectivity index (χ0v) is 14.8. The van der Waals surface area contributed by atoms with Crippen LogP contribution in [0.2, 0.25) is 0 Å². The Hall–Kier alpha value is -1.54. The molecule has 1 N–H and O–H groups in total. The van der Waals surface area contributed by atoms with Gasteiger partial charge in [-0.15, -0.1) is 10.3 Å². The van der Waals surface area contributed by atoms with Crippen LogP contribution in [0, 0.1) is 11.8 Å². The van der Waals surface area contributed by atoms with Crippen molar-refractivity contribution in [2.24, 2.45) is 0 Å². The Balaban J connectivity index is 1.90. The molecule has 1 saturated heterocycles. The summed E-state index contributed by atoms with van der Waals surface area (Å²) >= 11 is 0. The average molecular weight is 315 g/mol. The molecular weight excluding hydrogens is 288 g/mol. The number of methoxy groups -OCH3 is 1. The molecule has 23 heavy (non-hydrogen) atoms. The molecule has 1 radical (unpaired) electrons. The van der Waals surface area contributed by atoms with Crippen molar-refractivity contribution in [3.8, 4) is 17.6 Å². The maximum absolute atomic E-state index is 12.3. The van der Waals surface area contributed by atoms with Gasteiger partial charge in [0, 0.05) is 22.7 Å². The van der Waals surface area contributed by atoms with Crippen molar-refractivity contribution in [2.75, 3.05) is 13.7 Å². The Bertz CT molecular complexity index is 564. The van der Waals surface area contributed by atoms with Gasteiger partial charge in [-0.2, -0.15) is 0 Å². The quantitative estimate of drug-likeness (QED) is 0.872. The van der Waals surface area contributed by atoms with Gasteiger partial charge < -0.3 is 10.1 Å². The van der Waals surface area contributed by atoms with Crippen molar-refractivity contribution >= 4 is 0 Å². The van der Waals surface area contributed by atoms with E-state index in [0.717, 1.165) is 24.2 Å². The van der Waals surface area contributed by atoms with Gasteiger partial charge in [0.2, 0.25) is 0 Å². The van der Waals surface area contributed by atoms with E-state index in [2.05, 4.69) is 17.2 Å². The lowest BCUT2D eigenvalue weighted by atomic mass is 9.79. The number of hydrogen-bond acceptors (Lipinski definition) is 3. The number of hydrogen-bond donors (Lipinski definition) is 1. The molecule has 0 saturated carbocycles. The van der Waals surface area contributed by atoms with E-state index < -0.39 is 0 Å². The van der Waals surface area contributed by atoms with Crippen LogP contribution >= 0.6 is 0 Å². The van der Waals surface area contributed by atoms with Crippen molar-refractivity contribution in [3.05, 3.63) is 29.8 Å². The molecule has 1 aromatic carbocycles. The molecule has 0 spiro atoms. The maximum atomic E-state index is 12.3. The molecule has 0 aliphatic carbocycles. The first-order valence-corrected chi connectivity index (χ1v) is 8.08. The van der Waals surface area contributed by atoms with E-state index in [1.54, 1.807) is 7.11 Å². The number of nitrogens with one attached hydrogen (secondary N) is 1. The second kappa shape index (κ2) is 6.92. The highest BCUT2D eigenvalue weighted by molar-refractivity contribution is 5.38. The fourth-order valence-corrected chi connectivity index (χ4v) is 3.42. The van der Waals surface area contributed by atoms with Crippen LogP contribution in [0.25, 0.3) is 0 Å². The van der Waals surface area contributed by atoms with Crippen LogP contribution in [0.5, 0.6) is 5.75 Å². The molecular formula is C19H27N2O2. The molecule has 2 rings (SSSR count). The van der Waals surface area contributed by atoms with Gasteiger partial charge in [0.15, 0.2) is 0 Å². The third-order valence-corrected chi connectivity index (χ3v) is 4.39. The Morgan fingerprint density at radius 3 is 2.26 bits per heavy atom. The highest BCUT2D eigenvalue weighted by Gasteiger charge is 2.45. The first kappa shape index (κ1) is 17.8. The van der Waals surface area contributed by atoms with Gasteiger partial charge in [0.1, 0.15) is 5.75 Å². The van der Waals surface area contributed by atoms with E-state index in [-0.39, 0.29) is 11.1 Å². The van der Waals surface area contributed by atoms with Crippen LogP contribution in [0.3, 0.4) is 0 Å². The zero-order chi connectivity index (χ0) is 17.1. The minimum Gasteiger partial charge on any atom is -0.497 e. The highest BCUT2D eigenvalue weighted by Crippen LogP contribution is 2.36. The number of nitrogens with zero attached hydrogens (tertiary/aromatic N) is 1. The van der Waals surface area contributed by atoms with Crippen LogP contribution in [0.1, 0.15) is 46.1 Å². The lowest BCUT2D eigenvalue weighted by Crippen LogP contribution is -2.61. The summed E-state index contributed by atoms with van der Waals surface area (Å²) < 4.78 is 5.13. The molecule has 1 aromatic rings. The molecule has 0 bridgehead atoms. The average Bonchev–Trinajstić information content (AvgIpc) is 2.49. The normalized spacial score (nSPS) is 20.6. The maximum Gasteiger partial charge on any atom is 0.118 e. The van der Waals surface area contributed by atoms with Crippen molar-refractivity contribution < 1.29 is 9.94 Å². The molecule has 1 fully saturated rings. The molecule has 1 heterocycles. The van der Waals surface area contributed by atoms with Gasteiger partial charge in [-0.25, -0.2) is 0 Å².